The molecule has 0 amide bonds. The Morgan fingerprint density at radius 1 is 1.33 bits per heavy atom. The molecule has 0 saturated carbocycles. The van der Waals surface area contributed by atoms with Gasteiger partial charge < -0.3 is 0 Å². The first-order chi connectivity index (χ1) is 6.53. The maximum absolute atomic E-state index is 13.8. The summed E-state index contributed by atoms with van der Waals surface area (Å²) in [5, 5.41) is -1.84. The Hall–Kier alpha value is -0.230. The number of alkyl halides is 2. The zero-order valence-corrected chi connectivity index (χ0v) is 10.5. The van der Waals surface area contributed by atoms with Crippen LogP contribution in [0.2, 0.25) is 0 Å². The van der Waals surface area contributed by atoms with E-state index < -0.39 is 26.7 Å². The molecule has 0 bridgehead atoms. The van der Waals surface area contributed by atoms with Crippen LogP contribution in [0.3, 0.4) is 0 Å². The van der Waals surface area contributed by atoms with Crippen molar-refractivity contribution in [2.45, 2.75) is 45.3 Å². The molecular weight excluding hydrogens is 226 g/mol. The summed E-state index contributed by atoms with van der Waals surface area (Å²) in [6.45, 7) is 5.25. The van der Waals surface area contributed by atoms with E-state index in [1.54, 1.807) is 6.92 Å². The van der Waals surface area contributed by atoms with Crippen molar-refractivity contribution >= 4 is 10.1 Å². The minimum Gasteiger partial charge on any atom is -0.273 e. The maximum atomic E-state index is 13.8. The average Bonchev–Trinajstić information content (AvgIpc) is 2.16. The Balaban J connectivity index is 5.23. The molecule has 1 unspecified atom stereocenters. The second kappa shape index (κ2) is 4.33. The van der Waals surface area contributed by atoms with Crippen LogP contribution in [0.5, 0.6) is 0 Å². The van der Waals surface area contributed by atoms with Crippen molar-refractivity contribution in [1.82, 2.24) is 0 Å². The van der Waals surface area contributed by atoms with E-state index in [4.69, 9.17) is 0 Å². The summed E-state index contributed by atoms with van der Waals surface area (Å²) >= 11 is 0. The minimum atomic E-state index is -4.20. The zero-order valence-electron chi connectivity index (χ0n) is 9.67. The highest BCUT2D eigenvalue weighted by Gasteiger charge is 2.54. The Bertz CT molecular complexity index is 309. The molecule has 6 heteroatoms. The monoisotopic (exact) mass is 244 g/mol. The highest BCUT2D eigenvalue weighted by Crippen LogP contribution is 2.43. The molecule has 1 atom stereocenters. The normalized spacial score (nSPS) is 16.5. The lowest BCUT2D eigenvalue weighted by Gasteiger charge is -2.36. The Kier molecular flexibility index (Phi) is 4.26. The van der Waals surface area contributed by atoms with Crippen LogP contribution in [0.25, 0.3) is 0 Å². The molecule has 0 saturated heterocycles. The van der Waals surface area contributed by atoms with Crippen molar-refractivity contribution in [1.29, 1.82) is 0 Å². The summed E-state index contributed by atoms with van der Waals surface area (Å²) in [5.41, 5.74) is -1.38. The molecule has 0 spiro atoms. The first-order valence-electron chi connectivity index (χ1n) is 4.70. The van der Waals surface area contributed by atoms with Gasteiger partial charge in [-0.3, -0.25) is 4.18 Å². The molecule has 0 aliphatic heterocycles. The number of hydrogen-bond acceptors (Lipinski definition) is 3. The van der Waals surface area contributed by atoms with E-state index in [9.17, 15) is 17.2 Å². The molecule has 0 aromatic carbocycles. The molecule has 15 heavy (non-hydrogen) atoms. The summed E-state index contributed by atoms with van der Waals surface area (Å²) in [5.74, 6) is -3.32. The molecule has 0 aliphatic carbocycles. The summed E-state index contributed by atoms with van der Waals surface area (Å²) < 4.78 is 54.2. The SMILES string of the molecule is CCC(C)(C)C(F)(F)C(C)S(=O)(=O)OC. The molecule has 0 aromatic heterocycles. The summed E-state index contributed by atoms with van der Waals surface area (Å²) in [6.07, 6.45) is 0.184. The third-order valence-electron chi connectivity index (χ3n) is 2.96. The Morgan fingerprint density at radius 2 is 1.73 bits per heavy atom. The fourth-order valence-electron chi connectivity index (χ4n) is 1.11. The zero-order chi connectivity index (χ0) is 12.5. The summed E-state index contributed by atoms with van der Waals surface area (Å²) in [7, 11) is -3.31. The molecule has 3 nitrogen and oxygen atoms in total. The lowest BCUT2D eigenvalue weighted by molar-refractivity contribution is -0.107. The van der Waals surface area contributed by atoms with E-state index in [1.165, 1.54) is 13.8 Å². The Morgan fingerprint density at radius 3 is 2.00 bits per heavy atom. The van der Waals surface area contributed by atoms with Gasteiger partial charge in [0.05, 0.1) is 7.11 Å². The van der Waals surface area contributed by atoms with Crippen LogP contribution in [-0.4, -0.2) is 26.7 Å². The topological polar surface area (TPSA) is 43.4 Å². The number of rotatable bonds is 5. The second-order valence-electron chi connectivity index (χ2n) is 4.16. The molecule has 0 rings (SSSR count). The van der Waals surface area contributed by atoms with E-state index in [-0.39, 0.29) is 6.42 Å². The van der Waals surface area contributed by atoms with Crippen molar-refractivity contribution < 1.29 is 21.4 Å². The van der Waals surface area contributed by atoms with Gasteiger partial charge in [-0.25, -0.2) is 8.78 Å². The van der Waals surface area contributed by atoms with Gasteiger partial charge in [0, 0.05) is 5.41 Å². The second-order valence-corrected chi connectivity index (χ2v) is 6.19. The predicted molar refractivity (Wildman–Crippen MR) is 54.4 cm³/mol. The largest absolute Gasteiger partial charge is 0.275 e. The summed E-state index contributed by atoms with van der Waals surface area (Å²) in [6, 6.07) is 0. The molecular formula is C9H18F2O3S. The van der Waals surface area contributed by atoms with Gasteiger partial charge in [-0.2, -0.15) is 8.42 Å². The number of halogens is 2. The number of hydrogen-bond donors (Lipinski definition) is 0. The predicted octanol–water partition coefficient (Wildman–Crippen LogP) is 2.42. The lowest BCUT2D eigenvalue weighted by atomic mass is 9.81. The molecule has 0 fully saturated rings. The van der Waals surface area contributed by atoms with Crippen LogP contribution in [0.1, 0.15) is 34.1 Å². The van der Waals surface area contributed by atoms with Crippen molar-refractivity contribution in [3.8, 4) is 0 Å². The van der Waals surface area contributed by atoms with E-state index in [0.717, 1.165) is 14.0 Å². The van der Waals surface area contributed by atoms with E-state index in [1.807, 2.05) is 0 Å². The lowest BCUT2D eigenvalue weighted by Crippen LogP contribution is -2.48. The van der Waals surface area contributed by atoms with E-state index in [0.29, 0.717) is 0 Å². The van der Waals surface area contributed by atoms with E-state index in [2.05, 4.69) is 4.18 Å². The van der Waals surface area contributed by atoms with Gasteiger partial charge in [-0.1, -0.05) is 20.8 Å². The molecule has 92 valence electrons. The van der Waals surface area contributed by atoms with Crippen LogP contribution in [0, 0.1) is 5.41 Å². The minimum absolute atomic E-state index is 0.184. The van der Waals surface area contributed by atoms with Crippen LogP contribution in [-0.2, 0) is 14.3 Å². The molecule has 0 N–H and O–H groups in total. The Labute approximate surface area is 89.9 Å². The third-order valence-corrected chi connectivity index (χ3v) is 4.59. The van der Waals surface area contributed by atoms with Crippen molar-refractivity contribution in [2.24, 2.45) is 5.41 Å². The highest BCUT2D eigenvalue weighted by molar-refractivity contribution is 7.87. The van der Waals surface area contributed by atoms with Gasteiger partial charge in [-0.15, -0.1) is 0 Å². The van der Waals surface area contributed by atoms with Crippen molar-refractivity contribution in [2.75, 3.05) is 7.11 Å². The van der Waals surface area contributed by atoms with Gasteiger partial charge in [0.1, 0.15) is 5.25 Å². The first-order valence-corrected chi connectivity index (χ1v) is 6.17. The molecule has 0 heterocycles. The fourth-order valence-corrected chi connectivity index (χ4v) is 2.08. The van der Waals surface area contributed by atoms with Gasteiger partial charge in [0.2, 0.25) is 0 Å². The van der Waals surface area contributed by atoms with Crippen molar-refractivity contribution in [3.05, 3.63) is 0 Å². The third kappa shape index (κ3) is 2.66. The molecule has 0 radical (unpaired) electrons. The first kappa shape index (κ1) is 14.8. The highest BCUT2D eigenvalue weighted by atomic mass is 32.2. The maximum Gasteiger partial charge on any atom is 0.275 e. The fraction of sp³-hybridized carbons (Fsp3) is 1.00. The summed E-state index contributed by atoms with van der Waals surface area (Å²) in [4.78, 5) is 0. The quantitative estimate of drug-likeness (QED) is 0.697. The van der Waals surface area contributed by atoms with E-state index >= 15 is 0 Å². The van der Waals surface area contributed by atoms with Crippen LogP contribution in [0.4, 0.5) is 8.78 Å². The van der Waals surface area contributed by atoms with Gasteiger partial charge >= 0.3 is 0 Å². The van der Waals surface area contributed by atoms with Crippen molar-refractivity contribution in [3.63, 3.8) is 0 Å². The van der Waals surface area contributed by atoms with Crippen LogP contribution >= 0.6 is 0 Å². The average molecular weight is 244 g/mol. The molecule has 0 aliphatic rings. The smallest absolute Gasteiger partial charge is 0.273 e. The molecule has 0 aromatic rings. The van der Waals surface area contributed by atoms with Gasteiger partial charge in [-0.05, 0) is 13.3 Å². The standard InChI is InChI=1S/C9H18F2O3S/c1-6-8(3,4)9(10,11)7(2)15(12,13)14-5/h7H,6H2,1-5H3. The van der Waals surface area contributed by atoms with Crippen LogP contribution in [0.15, 0.2) is 0 Å². The van der Waals surface area contributed by atoms with Gasteiger partial charge in [0.15, 0.2) is 0 Å². The van der Waals surface area contributed by atoms with Gasteiger partial charge in [0.25, 0.3) is 16.0 Å². The van der Waals surface area contributed by atoms with Crippen LogP contribution < -0.4 is 0 Å².